The molecule has 26 heavy (non-hydrogen) atoms. The molecule has 0 spiro atoms. The molecule has 3 rings (SSSR count). The first kappa shape index (κ1) is 18.6. The Bertz CT molecular complexity index is 735. The number of rotatable bonds is 7. The van der Waals surface area contributed by atoms with Crippen LogP contribution in [0.15, 0.2) is 53.4 Å². The van der Waals surface area contributed by atoms with E-state index in [0.717, 1.165) is 35.7 Å². The molecule has 0 aliphatic carbocycles. The molecule has 2 aromatic carbocycles. The summed E-state index contributed by atoms with van der Waals surface area (Å²) in [5.74, 6) is 1.54. The molecule has 6 heteroatoms. The number of hydrogen-bond acceptors (Lipinski definition) is 4. The number of ether oxygens (including phenoxy) is 2. The van der Waals surface area contributed by atoms with Crippen LogP contribution >= 0.6 is 0 Å². The van der Waals surface area contributed by atoms with Crippen LogP contribution in [0.1, 0.15) is 12.0 Å². The third kappa shape index (κ3) is 4.71. The molecule has 1 fully saturated rings. The van der Waals surface area contributed by atoms with E-state index in [-0.39, 0.29) is 19.1 Å². The Hall–Kier alpha value is -2.18. The first-order chi connectivity index (χ1) is 12.7. The minimum Gasteiger partial charge on any atom is -0.492 e. The van der Waals surface area contributed by atoms with Crippen molar-refractivity contribution in [2.75, 3.05) is 26.8 Å². The van der Waals surface area contributed by atoms with E-state index in [4.69, 9.17) is 14.6 Å². The van der Waals surface area contributed by atoms with E-state index in [1.807, 2.05) is 23.1 Å². The molecule has 138 valence electrons. The van der Waals surface area contributed by atoms with Gasteiger partial charge in [0.15, 0.2) is 17.3 Å². The van der Waals surface area contributed by atoms with Crippen molar-refractivity contribution in [1.29, 1.82) is 0 Å². The summed E-state index contributed by atoms with van der Waals surface area (Å²) in [6, 6.07) is 15.1. The Balaban J connectivity index is 1.49. The number of thiol groups is 1. The standard InChI is InChI=1S/C20H23NO4S/c1-24-18-4-2-3-5-19(18)26-17-10-11-21(12-17)20(23)14-25-16-8-6-15(13-22)7-9-16/h2-9,17,22H,10-14H2,1H3/p+1. The fraction of sp³-hybridized carbons (Fsp3) is 0.350. The van der Waals surface area contributed by atoms with Crippen LogP contribution in [-0.4, -0.2) is 48.0 Å². The molecular formula is C20H24NO4S+. The van der Waals surface area contributed by atoms with Crippen LogP contribution in [0.3, 0.4) is 0 Å². The zero-order chi connectivity index (χ0) is 18.4. The Morgan fingerprint density at radius 3 is 2.73 bits per heavy atom. The number of benzene rings is 2. The van der Waals surface area contributed by atoms with E-state index in [9.17, 15) is 4.79 Å². The van der Waals surface area contributed by atoms with Crippen LogP contribution in [-0.2, 0) is 23.2 Å². The van der Waals surface area contributed by atoms with Crippen LogP contribution in [0.5, 0.6) is 11.5 Å². The monoisotopic (exact) mass is 374 g/mol. The van der Waals surface area contributed by atoms with Gasteiger partial charge in [-0.1, -0.05) is 24.3 Å². The van der Waals surface area contributed by atoms with E-state index in [1.54, 1.807) is 31.4 Å². The summed E-state index contributed by atoms with van der Waals surface area (Å²) in [4.78, 5) is 15.4. The highest BCUT2D eigenvalue weighted by molar-refractivity contribution is 7.79. The number of likely N-dealkylation sites (tertiary alicyclic amines) is 1. The predicted molar refractivity (Wildman–Crippen MR) is 103 cm³/mol. The van der Waals surface area contributed by atoms with Gasteiger partial charge in [0.25, 0.3) is 5.91 Å². The molecule has 0 radical (unpaired) electrons. The molecular weight excluding hydrogens is 350 g/mol. The molecule has 1 unspecified atom stereocenters. The van der Waals surface area contributed by atoms with Crippen LogP contribution in [0.4, 0.5) is 0 Å². The van der Waals surface area contributed by atoms with Gasteiger partial charge in [-0.15, -0.1) is 0 Å². The SMILES string of the molecule is COc1ccccc1[SH+]C1CCN(C(=O)COc2ccc(CO)cc2)C1. The average Bonchev–Trinajstić information content (AvgIpc) is 3.15. The third-order valence-electron chi connectivity index (χ3n) is 4.39. The van der Waals surface area contributed by atoms with Crippen molar-refractivity contribution in [2.45, 2.75) is 23.2 Å². The summed E-state index contributed by atoms with van der Waals surface area (Å²) in [6.45, 7) is 1.54. The molecule has 1 saturated heterocycles. The van der Waals surface area contributed by atoms with E-state index < -0.39 is 0 Å². The van der Waals surface area contributed by atoms with Gasteiger partial charge in [-0.3, -0.25) is 4.79 Å². The molecule has 1 aliphatic rings. The smallest absolute Gasteiger partial charge is 0.260 e. The van der Waals surface area contributed by atoms with Crippen molar-refractivity contribution in [3.05, 3.63) is 54.1 Å². The second kappa shape index (κ2) is 8.96. The highest BCUT2D eigenvalue weighted by Crippen LogP contribution is 2.25. The van der Waals surface area contributed by atoms with Gasteiger partial charge in [0.05, 0.1) is 20.3 Å². The molecule has 5 nitrogen and oxygen atoms in total. The fourth-order valence-corrected chi connectivity index (χ4v) is 4.32. The lowest BCUT2D eigenvalue weighted by Gasteiger charge is -2.15. The van der Waals surface area contributed by atoms with Gasteiger partial charge >= 0.3 is 0 Å². The summed E-state index contributed by atoms with van der Waals surface area (Å²) < 4.78 is 11.0. The van der Waals surface area contributed by atoms with Gasteiger partial charge in [0.2, 0.25) is 0 Å². The lowest BCUT2D eigenvalue weighted by atomic mass is 10.2. The van der Waals surface area contributed by atoms with Crippen molar-refractivity contribution in [1.82, 2.24) is 4.90 Å². The molecule has 1 aliphatic heterocycles. The molecule has 1 N–H and O–H groups in total. The zero-order valence-electron chi connectivity index (χ0n) is 14.8. The fourth-order valence-electron chi connectivity index (χ4n) is 2.93. The lowest BCUT2D eigenvalue weighted by molar-refractivity contribution is -0.132. The Morgan fingerprint density at radius 2 is 2.00 bits per heavy atom. The summed E-state index contributed by atoms with van der Waals surface area (Å²) in [7, 11) is 1.68. The quantitative estimate of drug-likeness (QED) is 0.595. The van der Waals surface area contributed by atoms with Crippen molar-refractivity contribution < 1.29 is 19.4 Å². The summed E-state index contributed by atoms with van der Waals surface area (Å²) in [5.41, 5.74) is 0.821. The Labute approximate surface area is 157 Å². The van der Waals surface area contributed by atoms with Crippen molar-refractivity contribution >= 4 is 17.7 Å². The number of hydrogen-bond donors (Lipinski definition) is 1. The number of carbonyl (C=O) groups excluding carboxylic acids is 1. The van der Waals surface area contributed by atoms with Crippen LogP contribution in [0, 0.1) is 0 Å². The number of aliphatic hydroxyl groups is 1. The number of carbonyl (C=O) groups is 1. The maximum absolute atomic E-state index is 12.4. The molecule has 1 atom stereocenters. The van der Waals surface area contributed by atoms with Crippen LogP contribution < -0.4 is 9.47 Å². The highest BCUT2D eigenvalue weighted by atomic mass is 32.2. The summed E-state index contributed by atoms with van der Waals surface area (Å²) in [6.07, 6.45) is 0.983. The minimum absolute atomic E-state index is 0.000200. The van der Waals surface area contributed by atoms with Crippen molar-refractivity contribution in [2.24, 2.45) is 0 Å². The van der Waals surface area contributed by atoms with Gasteiger partial charge < -0.3 is 19.5 Å². The maximum atomic E-state index is 12.4. The summed E-state index contributed by atoms with van der Waals surface area (Å²) >= 11 is 1.20. The predicted octanol–water partition coefficient (Wildman–Crippen LogP) is 2.04. The molecule has 1 heterocycles. The molecule has 0 bridgehead atoms. The number of methoxy groups -OCH3 is 1. The van der Waals surface area contributed by atoms with Crippen molar-refractivity contribution in [3.8, 4) is 11.5 Å². The van der Waals surface area contributed by atoms with E-state index in [1.165, 1.54) is 11.8 Å². The van der Waals surface area contributed by atoms with E-state index in [2.05, 4.69) is 6.07 Å². The average molecular weight is 374 g/mol. The highest BCUT2D eigenvalue weighted by Gasteiger charge is 2.32. The number of aliphatic hydroxyl groups excluding tert-OH is 1. The van der Waals surface area contributed by atoms with Gasteiger partial charge in [-0.05, 0) is 29.8 Å². The molecule has 1 amide bonds. The lowest BCUT2D eigenvalue weighted by Crippen LogP contribution is -2.33. The van der Waals surface area contributed by atoms with Gasteiger partial charge in [-0.25, -0.2) is 0 Å². The van der Waals surface area contributed by atoms with E-state index >= 15 is 0 Å². The van der Waals surface area contributed by atoms with Crippen LogP contribution in [0.25, 0.3) is 0 Å². The van der Waals surface area contributed by atoms with E-state index in [0.29, 0.717) is 11.0 Å². The molecule has 0 saturated carbocycles. The summed E-state index contributed by atoms with van der Waals surface area (Å²) in [5, 5.41) is 9.46. The van der Waals surface area contributed by atoms with Gasteiger partial charge in [0.1, 0.15) is 11.0 Å². The Kier molecular flexibility index (Phi) is 6.41. The molecule has 0 aromatic heterocycles. The van der Waals surface area contributed by atoms with Gasteiger partial charge in [-0.2, -0.15) is 0 Å². The topological polar surface area (TPSA) is 59.0 Å². The number of para-hydroxylation sites is 1. The number of nitrogens with zero attached hydrogens (tertiary/aromatic N) is 1. The Morgan fingerprint density at radius 1 is 1.23 bits per heavy atom. The molecule has 2 aromatic rings. The van der Waals surface area contributed by atoms with Crippen molar-refractivity contribution in [3.63, 3.8) is 0 Å². The number of amides is 1. The van der Waals surface area contributed by atoms with Gasteiger partial charge in [0, 0.05) is 24.7 Å². The first-order valence-corrected chi connectivity index (χ1v) is 9.60. The second-order valence-corrected chi connectivity index (χ2v) is 7.64. The normalized spacial score (nSPS) is 16.5. The largest absolute Gasteiger partial charge is 0.492 e. The first-order valence-electron chi connectivity index (χ1n) is 8.64. The minimum atomic E-state index is -0.000200. The second-order valence-electron chi connectivity index (χ2n) is 6.17. The maximum Gasteiger partial charge on any atom is 0.260 e. The zero-order valence-corrected chi connectivity index (χ0v) is 15.7. The third-order valence-corrected chi connectivity index (χ3v) is 5.83. The van der Waals surface area contributed by atoms with Crippen LogP contribution in [0.2, 0.25) is 0 Å².